The van der Waals surface area contributed by atoms with Crippen LogP contribution < -0.4 is 14.8 Å². The smallest absolute Gasteiger partial charge is 0.224 e. The van der Waals surface area contributed by atoms with Crippen molar-refractivity contribution in [3.63, 3.8) is 0 Å². The first-order chi connectivity index (χ1) is 12.2. The summed E-state index contributed by atoms with van der Waals surface area (Å²) in [6, 6.07) is 17.0. The third-order valence-corrected chi connectivity index (χ3v) is 3.50. The Bertz CT molecular complexity index is 720. The van der Waals surface area contributed by atoms with Crippen molar-refractivity contribution >= 4 is 5.91 Å². The molecule has 0 atom stereocenters. The van der Waals surface area contributed by atoms with Crippen LogP contribution in [-0.2, 0) is 11.2 Å². The molecule has 2 aromatic carbocycles. The number of nitriles is 1. The molecular formula is C20H22N2O3. The van der Waals surface area contributed by atoms with Crippen LogP contribution in [0.15, 0.2) is 48.5 Å². The van der Waals surface area contributed by atoms with Gasteiger partial charge in [0, 0.05) is 6.54 Å². The molecule has 0 heterocycles. The number of rotatable bonds is 9. The van der Waals surface area contributed by atoms with Crippen molar-refractivity contribution in [1.29, 1.82) is 5.26 Å². The molecule has 0 saturated carbocycles. The minimum Gasteiger partial charge on any atom is -0.494 e. The molecule has 130 valence electrons. The Labute approximate surface area is 148 Å². The molecule has 5 heteroatoms. The van der Waals surface area contributed by atoms with Crippen molar-refractivity contribution in [2.24, 2.45) is 0 Å². The lowest BCUT2D eigenvalue weighted by atomic mass is 10.1. The van der Waals surface area contributed by atoms with Gasteiger partial charge < -0.3 is 14.8 Å². The molecule has 0 spiro atoms. The Balaban J connectivity index is 1.65. The summed E-state index contributed by atoms with van der Waals surface area (Å²) in [6.07, 6.45) is 1.02. The second-order valence-electron chi connectivity index (χ2n) is 5.64. The third kappa shape index (κ3) is 6.96. The number of benzene rings is 2. The lowest BCUT2D eigenvalue weighted by molar-refractivity contribution is -0.120. The molecule has 0 aliphatic heterocycles. The van der Waals surface area contributed by atoms with E-state index in [1.807, 2.05) is 49.4 Å². The average Bonchev–Trinajstić information content (AvgIpc) is 2.61. The number of ether oxygens (including phenoxy) is 2. The lowest BCUT2D eigenvalue weighted by Gasteiger charge is -2.08. The third-order valence-electron chi connectivity index (χ3n) is 3.50. The maximum atomic E-state index is 12.0. The molecule has 0 aliphatic rings. The number of carbonyl (C=O) groups excluding carboxylic acids is 1. The van der Waals surface area contributed by atoms with Gasteiger partial charge in [-0.1, -0.05) is 29.8 Å². The summed E-state index contributed by atoms with van der Waals surface area (Å²) < 4.78 is 10.9. The van der Waals surface area contributed by atoms with Crippen molar-refractivity contribution in [2.45, 2.75) is 19.8 Å². The van der Waals surface area contributed by atoms with Crippen LogP contribution in [0.25, 0.3) is 0 Å². The summed E-state index contributed by atoms with van der Waals surface area (Å²) in [5.74, 6) is 1.39. The maximum Gasteiger partial charge on any atom is 0.224 e. The maximum absolute atomic E-state index is 12.0. The van der Waals surface area contributed by atoms with Crippen LogP contribution >= 0.6 is 0 Å². The standard InChI is InChI=1S/C20H22N2O3/c1-16-6-8-18(9-7-16)24-12-3-11-22-20(23)15-17-4-2-5-19(14-17)25-13-10-21/h2,4-9,14H,3,11-13,15H2,1H3,(H,22,23). The fourth-order valence-electron chi connectivity index (χ4n) is 2.23. The molecule has 25 heavy (non-hydrogen) atoms. The molecule has 1 amide bonds. The highest BCUT2D eigenvalue weighted by atomic mass is 16.5. The van der Waals surface area contributed by atoms with Crippen LogP contribution in [0.5, 0.6) is 11.5 Å². The first-order valence-corrected chi connectivity index (χ1v) is 8.22. The van der Waals surface area contributed by atoms with Crippen LogP contribution in [0.4, 0.5) is 0 Å². The zero-order valence-corrected chi connectivity index (χ0v) is 14.3. The van der Waals surface area contributed by atoms with E-state index >= 15 is 0 Å². The summed E-state index contributed by atoms with van der Waals surface area (Å²) in [7, 11) is 0. The fourth-order valence-corrected chi connectivity index (χ4v) is 2.23. The lowest BCUT2D eigenvalue weighted by Crippen LogP contribution is -2.27. The van der Waals surface area contributed by atoms with Gasteiger partial charge in [-0.05, 0) is 43.2 Å². The zero-order valence-electron chi connectivity index (χ0n) is 14.3. The van der Waals surface area contributed by atoms with E-state index in [9.17, 15) is 4.79 Å². The van der Waals surface area contributed by atoms with Gasteiger partial charge in [0.2, 0.25) is 5.91 Å². The molecule has 0 aliphatic carbocycles. The second kappa shape index (κ2) is 9.99. The summed E-state index contributed by atoms with van der Waals surface area (Å²) in [6.45, 7) is 3.15. The average molecular weight is 338 g/mol. The summed E-state index contributed by atoms with van der Waals surface area (Å²) in [4.78, 5) is 12.0. The molecular weight excluding hydrogens is 316 g/mol. The fraction of sp³-hybridized carbons (Fsp3) is 0.300. The molecule has 0 fully saturated rings. The highest BCUT2D eigenvalue weighted by Crippen LogP contribution is 2.14. The summed E-state index contributed by atoms with van der Waals surface area (Å²) in [5.41, 5.74) is 2.05. The SMILES string of the molecule is Cc1ccc(OCCCNC(=O)Cc2cccc(OCC#N)c2)cc1. The topological polar surface area (TPSA) is 71.3 Å². The molecule has 0 bridgehead atoms. The summed E-state index contributed by atoms with van der Waals surface area (Å²) >= 11 is 0. The number of aryl methyl sites for hydroxylation is 1. The first-order valence-electron chi connectivity index (χ1n) is 8.22. The van der Waals surface area contributed by atoms with E-state index in [1.165, 1.54) is 5.56 Å². The van der Waals surface area contributed by atoms with Crippen LogP contribution in [0.3, 0.4) is 0 Å². The molecule has 5 nitrogen and oxygen atoms in total. The van der Waals surface area contributed by atoms with Gasteiger partial charge in [-0.25, -0.2) is 0 Å². The minimum absolute atomic E-state index is 0.00334. The van der Waals surface area contributed by atoms with E-state index in [4.69, 9.17) is 14.7 Å². The Morgan fingerprint density at radius 1 is 1.12 bits per heavy atom. The van der Waals surface area contributed by atoms with Crippen LogP contribution in [0.2, 0.25) is 0 Å². The van der Waals surface area contributed by atoms with Gasteiger partial charge in [0.05, 0.1) is 13.0 Å². The number of nitrogens with zero attached hydrogens (tertiary/aromatic N) is 1. The number of amides is 1. The Kier molecular flexibility index (Phi) is 7.33. The monoisotopic (exact) mass is 338 g/mol. The van der Waals surface area contributed by atoms with E-state index in [0.717, 1.165) is 17.7 Å². The Morgan fingerprint density at radius 2 is 1.92 bits per heavy atom. The van der Waals surface area contributed by atoms with Crippen LogP contribution in [0, 0.1) is 18.3 Å². The van der Waals surface area contributed by atoms with E-state index in [2.05, 4.69) is 5.32 Å². The van der Waals surface area contributed by atoms with Crippen molar-refractivity contribution < 1.29 is 14.3 Å². The van der Waals surface area contributed by atoms with Crippen molar-refractivity contribution in [1.82, 2.24) is 5.32 Å². The van der Waals surface area contributed by atoms with Crippen molar-refractivity contribution in [3.8, 4) is 17.6 Å². The van der Waals surface area contributed by atoms with Crippen LogP contribution in [-0.4, -0.2) is 25.7 Å². The van der Waals surface area contributed by atoms with E-state index < -0.39 is 0 Å². The molecule has 2 aromatic rings. The molecule has 2 rings (SSSR count). The predicted octanol–water partition coefficient (Wildman–Crippen LogP) is 3.03. The van der Waals surface area contributed by atoms with Gasteiger partial charge in [0.25, 0.3) is 0 Å². The molecule has 1 N–H and O–H groups in total. The molecule has 0 unspecified atom stereocenters. The van der Waals surface area contributed by atoms with Gasteiger partial charge in [-0.15, -0.1) is 0 Å². The van der Waals surface area contributed by atoms with Crippen LogP contribution in [0.1, 0.15) is 17.5 Å². The van der Waals surface area contributed by atoms with E-state index in [1.54, 1.807) is 12.1 Å². The number of nitrogens with one attached hydrogen (secondary N) is 1. The Morgan fingerprint density at radius 3 is 2.68 bits per heavy atom. The quantitative estimate of drug-likeness (QED) is 0.714. The summed E-state index contributed by atoms with van der Waals surface area (Å²) in [5, 5.41) is 11.4. The minimum atomic E-state index is -0.0484. The second-order valence-corrected chi connectivity index (χ2v) is 5.64. The van der Waals surface area contributed by atoms with E-state index in [-0.39, 0.29) is 18.9 Å². The highest BCUT2D eigenvalue weighted by Gasteiger charge is 2.04. The Hall–Kier alpha value is -3.00. The van der Waals surface area contributed by atoms with Gasteiger partial charge in [0.1, 0.15) is 17.6 Å². The number of hydrogen-bond donors (Lipinski definition) is 1. The highest BCUT2D eigenvalue weighted by molar-refractivity contribution is 5.78. The van der Waals surface area contributed by atoms with Gasteiger partial charge in [-0.3, -0.25) is 4.79 Å². The largest absolute Gasteiger partial charge is 0.494 e. The van der Waals surface area contributed by atoms with Gasteiger partial charge >= 0.3 is 0 Å². The normalized spacial score (nSPS) is 9.92. The van der Waals surface area contributed by atoms with Gasteiger partial charge in [0.15, 0.2) is 6.61 Å². The van der Waals surface area contributed by atoms with Gasteiger partial charge in [-0.2, -0.15) is 5.26 Å². The molecule has 0 saturated heterocycles. The molecule has 0 aromatic heterocycles. The first kappa shape index (κ1) is 18.3. The zero-order chi connectivity index (χ0) is 17.9. The predicted molar refractivity (Wildman–Crippen MR) is 95.6 cm³/mol. The van der Waals surface area contributed by atoms with E-state index in [0.29, 0.717) is 18.9 Å². The van der Waals surface area contributed by atoms with Crippen molar-refractivity contribution in [3.05, 3.63) is 59.7 Å². The van der Waals surface area contributed by atoms with Crippen molar-refractivity contribution in [2.75, 3.05) is 19.8 Å². The number of hydrogen-bond acceptors (Lipinski definition) is 4. The number of carbonyl (C=O) groups is 1. The molecule has 0 radical (unpaired) electrons.